The minimum Gasteiger partial charge on any atom is -0.394 e. The van der Waals surface area contributed by atoms with E-state index in [9.17, 15) is 19.3 Å². The standard InChI is InChI=1S/C24H46N3O9PS/c1-23(2,10-13-35-24(3,4)14-17(15-28)36-37(31,32)33)34-12-7-11-25-20(29)9-6-5-8-19-21-18(16-38-19)26-22(30)27-21/h17-19,21,28H,5-16H2,1-4H3,(H,25,29)(H2,26,27,30)(H2,31,32,33). The summed E-state index contributed by atoms with van der Waals surface area (Å²) in [6.45, 7) is 8.30. The Kier molecular flexibility index (Phi) is 13.3. The maximum atomic E-state index is 12.1. The molecule has 0 aromatic carbocycles. The Balaban J connectivity index is 1.50. The third-order valence-electron chi connectivity index (χ3n) is 6.62. The summed E-state index contributed by atoms with van der Waals surface area (Å²) in [5.74, 6) is 0.984. The van der Waals surface area contributed by atoms with Crippen LogP contribution in [0.25, 0.3) is 0 Å². The number of aliphatic hydroxyl groups is 1. The largest absolute Gasteiger partial charge is 0.469 e. The van der Waals surface area contributed by atoms with Crippen LogP contribution in [0.4, 0.5) is 4.79 Å². The zero-order valence-electron chi connectivity index (χ0n) is 22.9. The molecule has 4 unspecified atom stereocenters. The van der Waals surface area contributed by atoms with Crippen molar-refractivity contribution in [3.63, 3.8) is 0 Å². The molecule has 2 aliphatic heterocycles. The highest BCUT2D eigenvalue weighted by atomic mass is 32.2. The molecule has 3 amide bonds. The second-order valence-corrected chi connectivity index (χ2v) is 13.6. The van der Waals surface area contributed by atoms with Crippen LogP contribution >= 0.6 is 19.6 Å². The van der Waals surface area contributed by atoms with Crippen molar-refractivity contribution in [3.8, 4) is 0 Å². The molecule has 0 saturated carbocycles. The number of hydrogen-bond acceptors (Lipinski definition) is 8. The first-order valence-corrected chi connectivity index (χ1v) is 15.9. The summed E-state index contributed by atoms with van der Waals surface area (Å²) in [5.41, 5.74) is -1.21. The van der Waals surface area contributed by atoms with Crippen LogP contribution < -0.4 is 16.0 Å². The van der Waals surface area contributed by atoms with Crippen molar-refractivity contribution in [2.45, 2.75) is 107 Å². The Morgan fingerprint density at radius 3 is 2.53 bits per heavy atom. The normalized spacial score (nSPS) is 22.6. The van der Waals surface area contributed by atoms with E-state index in [2.05, 4.69) is 20.5 Å². The fourth-order valence-electron chi connectivity index (χ4n) is 4.59. The highest BCUT2D eigenvalue weighted by Gasteiger charge is 2.42. The van der Waals surface area contributed by atoms with Gasteiger partial charge in [0.05, 0.1) is 42.6 Å². The second kappa shape index (κ2) is 15.2. The van der Waals surface area contributed by atoms with Crippen LogP contribution in [0.3, 0.4) is 0 Å². The Labute approximate surface area is 229 Å². The van der Waals surface area contributed by atoms with Gasteiger partial charge in [0.15, 0.2) is 0 Å². The van der Waals surface area contributed by atoms with Gasteiger partial charge in [0.1, 0.15) is 0 Å². The summed E-state index contributed by atoms with van der Waals surface area (Å²) < 4.78 is 27.4. The van der Waals surface area contributed by atoms with E-state index in [4.69, 9.17) is 19.3 Å². The fraction of sp³-hybridized carbons (Fsp3) is 0.917. The van der Waals surface area contributed by atoms with Crippen molar-refractivity contribution in [2.24, 2.45) is 0 Å². The molecule has 2 saturated heterocycles. The Morgan fingerprint density at radius 1 is 1.13 bits per heavy atom. The van der Waals surface area contributed by atoms with E-state index >= 15 is 0 Å². The molecule has 38 heavy (non-hydrogen) atoms. The van der Waals surface area contributed by atoms with Gasteiger partial charge in [-0.05, 0) is 53.4 Å². The van der Waals surface area contributed by atoms with Crippen molar-refractivity contribution in [3.05, 3.63) is 0 Å². The number of ether oxygens (including phenoxy) is 2. The minimum atomic E-state index is -4.69. The van der Waals surface area contributed by atoms with Gasteiger partial charge < -0.3 is 40.3 Å². The maximum absolute atomic E-state index is 12.1. The molecule has 4 atom stereocenters. The van der Waals surface area contributed by atoms with Crippen LogP contribution in [-0.4, -0.2) is 93.6 Å². The van der Waals surface area contributed by atoms with Crippen molar-refractivity contribution in [1.29, 1.82) is 0 Å². The van der Waals surface area contributed by atoms with Gasteiger partial charge in [0.25, 0.3) is 0 Å². The highest BCUT2D eigenvalue weighted by molar-refractivity contribution is 8.00. The number of carbonyl (C=O) groups excluding carboxylic acids is 2. The molecule has 0 aromatic heterocycles. The smallest absolute Gasteiger partial charge is 0.394 e. The van der Waals surface area contributed by atoms with E-state index in [1.54, 1.807) is 13.8 Å². The van der Waals surface area contributed by atoms with Crippen LogP contribution in [0.5, 0.6) is 0 Å². The van der Waals surface area contributed by atoms with E-state index < -0.39 is 31.7 Å². The number of fused-ring (bicyclic) bond motifs is 1. The monoisotopic (exact) mass is 583 g/mol. The molecule has 14 heteroatoms. The molecule has 2 fully saturated rings. The summed E-state index contributed by atoms with van der Waals surface area (Å²) >= 11 is 1.89. The lowest BCUT2D eigenvalue weighted by molar-refractivity contribution is -0.121. The van der Waals surface area contributed by atoms with Gasteiger partial charge in [-0.15, -0.1) is 0 Å². The number of aliphatic hydroxyl groups excluding tert-OH is 1. The predicted molar refractivity (Wildman–Crippen MR) is 145 cm³/mol. The van der Waals surface area contributed by atoms with Crippen LogP contribution in [0.15, 0.2) is 0 Å². The first-order valence-electron chi connectivity index (χ1n) is 13.3. The van der Waals surface area contributed by atoms with Gasteiger partial charge in [-0.3, -0.25) is 9.32 Å². The Bertz CT molecular complexity index is 811. The molecule has 2 heterocycles. The van der Waals surface area contributed by atoms with Crippen molar-refractivity contribution < 1.29 is 43.0 Å². The van der Waals surface area contributed by atoms with E-state index in [1.807, 2.05) is 25.6 Å². The Morgan fingerprint density at radius 2 is 1.84 bits per heavy atom. The van der Waals surface area contributed by atoms with Gasteiger partial charge >= 0.3 is 13.9 Å². The molecule has 0 radical (unpaired) electrons. The lowest BCUT2D eigenvalue weighted by Crippen LogP contribution is -2.36. The topological polar surface area (TPSA) is 176 Å². The SMILES string of the molecule is CC(C)(CCOC(C)(C)CC(CO)OP(=O)(O)O)OCCCNC(=O)CCCCC1SCC2NC(=O)NC21. The van der Waals surface area contributed by atoms with Gasteiger partial charge in [0, 0.05) is 37.0 Å². The van der Waals surface area contributed by atoms with Crippen molar-refractivity contribution in [1.82, 2.24) is 16.0 Å². The number of phosphoric acid groups is 1. The molecule has 0 aromatic rings. The molecule has 0 bridgehead atoms. The number of phosphoric ester groups is 1. The van der Waals surface area contributed by atoms with Crippen LogP contribution in [0, 0.1) is 0 Å². The molecule has 2 rings (SSSR count). The summed E-state index contributed by atoms with van der Waals surface area (Å²) in [7, 11) is -4.69. The van der Waals surface area contributed by atoms with Crippen LogP contribution in [-0.2, 0) is 23.4 Å². The molecule has 12 nitrogen and oxygen atoms in total. The average molecular weight is 584 g/mol. The van der Waals surface area contributed by atoms with E-state index in [0.29, 0.717) is 44.3 Å². The Hall–Kier alpha value is -0.920. The minimum absolute atomic E-state index is 0.0385. The zero-order chi connectivity index (χ0) is 28.4. The number of thioether (sulfide) groups is 1. The van der Waals surface area contributed by atoms with Gasteiger partial charge in [-0.25, -0.2) is 9.36 Å². The number of carbonyl (C=O) groups is 2. The third-order valence-corrected chi connectivity index (χ3v) is 8.70. The average Bonchev–Trinajstić information content (AvgIpc) is 3.33. The van der Waals surface area contributed by atoms with Crippen molar-refractivity contribution >= 4 is 31.5 Å². The third kappa shape index (κ3) is 13.0. The van der Waals surface area contributed by atoms with Crippen molar-refractivity contribution in [2.75, 3.05) is 32.1 Å². The highest BCUT2D eigenvalue weighted by Crippen LogP contribution is 2.39. The maximum Gasteiger partial charge on any atom is 0.469 e. The first kappa shape index (κ1) is 33.3. The van der Waals surface area contributed by atoms with Gasteiger partial charge in [0.2, 0.25) is 5.91 Å². The summed E-state index contributed by atoms with van der Waals surface area (Å²) in [6, 6.07) is 0.364. The fourth-order valence-corrected chi connectivity index (χ4v) is 6.67. The molecular formula is C24H46N3O9PS. The number of urea groups is 1. The quantitative estimate of drug-likeness (QED) is 0.0750. The number of unbranched alkanes of at least 4 members (excludes halogenated alkanes) is 1. The number of nitrogens with one attached hydrogen (secondary N) is 3. The number of hydrogen-bond donors (Lipinski definition) is 6. The van der Waals surface area contributed by atoms with E-state index in [0.717, 1.165) is 25.0 Å². The molecule has 2 aliphatic rings. The van der Waals surface area contributed by atoms with Crippen LogP contribution in [0.1, 0.15) is 72.6 Å². The zero-order valence-corrected chi connectivity index (χ0v) is 24.7. The molecule has 222 valence electrons. The summed E-state index contributed by atoms with van der Waals surface area (Å²) in [4.78, 5) is 41.5. The molecule has 0 aliphatic carbocycles. The lowest BCUT2D eigenvalue weighted by atomic mass is 10.0. The molecule has 0 spiro atoms. The van der Waals surface area contributed by atoms with Gasteiger partial charge in [-0.2, -0.15) is 11.8 Å². The first-order chi connectivity index (χ1) is 17.7. The van der Waals surface area contributed by atoms with Crippen LogP contribution in [0.2, 0.25) is 0 Å². The predicted octanol–water partition coefficient (Wildman–Crippen LogP) is 2.06. The lowest BCUT2D eigenvalue weighted by Gasteiger charge is -2.31. The van der Waals surface area contributed by atoms with E-state index in [-0.39, 0.29) is 30.4 Å². The molecule has 6 N–H and O–H groups in total. The second-order valence-electron chi connectivity index (χ2n) is 11.1. The van der Waals surface area contributed by atoms with E-state index in [1.165, 1.54) is 0 Å². The molecular weight excluding hydrogens is 537 g/mol. The number of rotatable bonds is 19. The summed E-state index contributed by atoms with van der Waals surface area (Å²) in [5, 5.41) is 18.6. The number of amides is 3. The van der Waals surface area contributed by atoms with Gasteiger partial charge in [-0.1, -0.05) is 6.42 Å². The summed E-state index contributed by atoms with van der Waals surface area (Å²) in [6.07, 6.45) is 3.63.